The van der Waals surface area contributed by atoms with Crippen molar-refractivity contribution < 1.29 is 14.3 Å². The Kier molecular flexibility index (Phi) is 12.0. The van der Waals surface area contributed by atoms with Gasteiger partial charge in [-0.05, 0) is 60.8 Å². The fourth-order valence-corrected chi connectivity index (χ4v) is 5.17. The van der Waals surface area contributed by atoms with Crippen molar-refractivity contribution in [1.82, 2.24) is 5.32 Å². The van der Waals surface area contributed by atoms with Crippen LogP contribution in [0, 0.1) is 13.8 Å². The average molecular weight is 572 g/mol. The van der Waals surface area contributed by atoms with Crippen molar-refractivity contribution in [1.29, 1.82) is 0 Å². The van der Waals surface area contributed by atoms with Gasteiger partial charge in [-0.25, -0.2) is 0 Å². The molecule has 3 aromatic rings. The molecular weight excluding hydrogens is 518 g/mol. The molecule has 0 unspecified atom stereocenters. The maximum atomic E-state index is 11.9. The summed E-state index contributed by atoms with van der Waals surface area (Å²) in [5, 5.41) is 3.64. The van der Waals surface area contributed by atoms with Crippen LogP contribution < -0.4 is 10.1 Å². The minimum absolute atomic E-state index is 0.0314. The normalized spacial score (nSPS) is 12.1. The first-order valence-corrected chi connectivity index (χ1v) is 15.6. The lowest BCUT2D eigenvalue weighted by Gasteiger charge is -2.30. The fraction of sp³-hybridized carbons (Fsp3) is 0.500. The second kappa shape index (κ2) is 15.0. The molecule has 1 N–H and O–H groups in total. The van der Waals surface area contributed by atoms with Crippen LogP contribution in [0.15, 0.2) is 60.7 Å². The number of ether oxygens (including phenoxy) is 2. The van der Waals surface area contributed by atoms with Gasteiger partial charge in [-0.3, -0.25) is 4.79 Å². The first-order chi connectivity index (χ1) is 19.8. The van der Waals surface area contributed by atoms with E-state index in [1.54, 1.807) is 0 Å². The van der Waals surface area contributed by atoms with Gasteiger partial charge in [0.1, 0.15) is 11.9 Å². The van der Waals surface area contributed by atoms with Crippen molar-refractivity contribution in [2.75, 3.05) is 13.2 Å². The molecule has 0 saturated carbocycles. The highest BCUT2D eigenvalue weighted by atomic mass is 16.5. The van der Waals surface area contributed by atoms with E-state index in [1.807, 2.05) is 0 Å². The van der Waals surface area contributed by atoms with Crippen LogP contribution >= 0.6 is 0 Å². The molecule has 0 spiro atoms. The van der Waals surface area contributed by atoms with Crippen LogP contribution in [0.2, 0.25) is 0 Å². The van der Waals surface area contributed by atoms with Gasteiger partial charge in [-0.15, -0.1) is 0 Å². The van der Waals surface area contributed by atoms with Gasteiger partial charge in [0, 0.05) is 31.2 Å². The summed E-state index contributed by atoms with van der Waals surface area (Å²) >= 11 is 0. The Balaban J connectivity index is 1.49. The highest BCUT2D eigenvalue weighted by Crippen LogP contribution is 2.41. The van der Waals surface area contributed by atoms with E-state index in [-0.39, 0.29) is 22.9 Å². The molecule has 0 atom stereocenters. The fourth-order valence-electron chi connectivity index (χ4n) is 5.17. The number of hydrogen-bond acceptors (Lipinski definition) is 4. The predicted molar refractivity (Wildman–Crippen MR) is 175 cm³/mol. The average Bonchev–Trinajstić information content (AvgIpc) is 2.90. The van der Waals surface area contributed by atoms with Gasteiger partial charge in [0.2, 0.25) is 0 Å². The zero-order valence-electron chi connectivity index (χ0n) is 27.5. The Morgan fingerprint density at radius 3 is 1.67 bits per heavy atom. The standard InChI is InChI=1S/C38H53NO3/c1-27-14-18-31(19-15-27)35(32-20-16-28(2)17-21-32)41-23-13-11-10-12-22-39-26-30-24-33(37(4,5)6)36(42-29(3)40)34(25-30)38(7,8)9/h14-21,24-25,35,39H,10-13,22-23,26H2,1-9H3. The topological polar surface area (TPSA) is 47.6 Å². The van der Waals surface area contributed by atoms with Crippen molar-refractivity contribution in [3.8, 4) is 5.75 Å². The molecule has 0 fully saturated rings. The Labute approximate surface area is 255 Å². The van der Waals surface area contributed by atoms with E-state index in [1.165, 1.54) is 41.2 Å². The minimum Gasteiger partial charge on any atom is -0.426 e. The molecule has 4 heteroatoms. The van der Waals surface area contributed by atoms with Gasteiger partial charge in [-0.1, -0.05) is 126 Å². The predicted octanol–water partition coefficient (Wildman–Crippen LogP) is 9.28. The number of nitrogens with one attached hydrogen (secondary N) is 1. The third kappa shape index (κ3) is 10.1. The summed E-state index contributed by atoms with van der Waals surface area (Å²) in [6.07, 6.45) is 4.47. The Hall–Kier alpha value is -2.95. The molecule has 0 radical (unpaired) electrons. The van der Waals surface area contributed by atoms with E-state index >= 15 is 0 Å². The van der Waals surface area contributed by atoms with Gasteiger partial charge in [-0.2, -0.15) is 0 Å². The van der Waals surface area contributed by atoms with E-state index < -0.39 is 0 Å². The Morgan fingerprint density at radius 2 is 1.21 bits per heavy atom. The van der Waals surface area contributed by atoms with E-state index in [0.717, 1.165) is 55.8 Å². The molecule has 0 aliphatic rings. The second-order valence-electron chi connectivity index (χ2n) is 13.8. The van der Waals surface area contributed by atoms with Crippen LogP contribution in [0.5, 0.6) is 5.75 Å². The van der Waals surface area contributed by atoms with Crippen LogP contribution in [0.1, 0.15) is 119 Å². The minimum atomic E-state index is -0.275. The molecular formula is C38H53NO3. The zero-order valence-corrected chi connectivity index (χ0v) is 27.5. The summed E-state index contributed by atoms with van der Waals surface area (Å²) in [6, 6.07) is 21.8. The van der Waals surface area contributed by atoms with Gasteiger partial charge >= 0.3 is 5.97 Å². The van der Waals surface area contributed by atoms with Gasteiger partial charge < -0.3 is 14.8 Å². The van der Waals surface area contributed by atoms with Crippen molar-refractivity contribution in [3.05, 3.63) is 99.6 Å². The largest absolute Gasteiger partial charge is 0.426 e. The summed E-state index contributed by atoms with van der Waals surface area (Å²) < 4.78 is 12.2. The highest BCUT2D eigenvalue weighted by molar-refractivity contribution is 5.71. The molecule has 4 nitrogen and oxygen atoms in total. The number of rotatable bonds is 13. The van der Waals surface area contributed by atoms with Crippen LogP contribution in [-0.4, -0.2) is 19.1 Å². The van der Waals surface area contributed by atoms with E-state index in [2.05, 4.69) is 121 Å². The van der Waals surface area contributed by atoms with E-state index in [4.69, 9.17) is 9.47 Å². The van der Waals surface area contributed by atoms with Crippen LogP contribution in [0.4, 0.5) is 0 Å². The maximum Gasteiger partial charge on any atom is 0.308 e. The molecule has 0 aromatic heterocycles. The molecule has 42 heavy (non-hydrogen) atoms. The third-order valence-electron chi connectivity index (χ3n) is 7.63. The van der Waals surface area contributed by atoms with E-state index in [0.29, 0.717) is 0 Å². The van der Waals surface area contributed by atoms with Crippen molar-refractivity contribution in [2.24, 2.45) is 0 Å². The van der Waals surface area contributed by atoms with Crippen molar-refractivity contribution >= 4 is 5.97 Å². The van der Waals surface area contributed by atoms with Crippen LogP contribution in [-0.2, 0) is 26.9 Å². The number of carbonyl (C=O) groups is 1. The quantitative estimate of drug-likeness (QED) is 0.126. The third-order valence-corrected chi connectivity index (χ3v) is 7.63. The number of carbonyl (C=O) groups excluding carboxylic acids is 1. The summed E-state index contributed by atoms with van der Waals surface area (Å²) in [4.78, 5) is 11.9. The van der Waals surface area contributed by atoms with Gasteiger partial charge in [0.15, 0.2) is 0 Å². The summed E-state index contributed by atoms with van der Waals surface area (Å²) in [6.45, 7) is 21.3. The van der Waals surface area contributed by atoms with Crippen molar-refractivity contribution in [3.63, 3.8) is 0 Å². The molecule has 0 aliphatic carbocycles. The van der Waals surface area contributed by atoms with Crippen molar-refractivity contribution in [2.45, 2.75) is 111 Å². The number of esters is 1. The monoisotopic (exact) mass is 571 g/mol. The first-order valence-electron chi connectivity index (χ1n) is 15.6. The molecule has 3 aromatic carbocycles. The highest BCUT2D eigenvalue weighted by Gasteiger charge is 2.28. The lowest BCUT2D eigenvalue weighted by atomic mass is 9.78. The number of hydrogen-bond donors (Lipinski definition) is 1. The van der Waals surface area contributed by atoms with Gasteiger partial charge in [0.05, 0.1) is 0 Å². The molecule has 0 bridgehead atoms. The summed E-state index contributed by atoms with van der Waals surface area (Å²) in [5.41, 5.74) is 8.05. The van der Waals surface area contributed by atoms with Crippen LogP contribution in [0.25, 0.3) is 0 Å². The zero-order chi connectivity index (χ0) is 30.9. The number of benzene rings is 3. The molecule has 0 heterocycles. The molecule has 228 valence electrons. The van der Waals surface area contributed by atoms with Crippen LogP contribution in [0.3, 0.4) is 0 Å². The first kappa shape index (κ1) is 33.6. The second-order valence-corrected chi connectivity index (χ2v) is 13.8. The maximum absolute atomic E-state index is 11.9. The lowest BCUT2D eigenvalue weighted by Crippen LogP contribution is -2.23. The summed E-state index contributed by atoms with van der Waals surface area (Å²) in [7, 11) is 0. The molecule has 0 amide bonds. The van der Waals surface area contributed by atoms with Gasteiger partial charge in [0.25, 0.3) is 0 Å². The molecule has 0 aliphatic heterocycles. The number of aryl methyl sites for hydroxylation is 2. The molecule has 3 rings (SSSR count). The lowest BCUT2D eigenvalue weighted by molar-refractivity contribution is -0.132. The smallest absolute Gasteiger partial charge is 0.308 e. The Morgan fingerprint density at radius 1 is 0.738 bits per heavy atom. The summed E-state index contributed by atoms with van der Waals surface area (Å²) in [5.74, 6) is 0.448. The Bertz CT molecular complexity index is 1200. The number of unbranched alkanes of at least 4 members (excludes halogenated alkanes) is 3. The van der Waals surface area contributed by atoms with E-state index in [9.17, 15) is 4.79 Å². The molecule has 0 saturated heterocycles. The SMILES string of the molecule is CC(=O)Oc1c(C(C)(C)C)cc(CNCCCCCCOC(c2ccc(C)cc2)c2ccc(C)cc2)cc1C(C)(C)C.